The number of carbonyl (C=O) groups is 1. The molecule has 0 saturated carbocycles. The third kappa shape index (κ3) is 5.08. The molecule has 23 heavy (non-hydrogen) atoms. The fourth-order valence-corrected chi connectivity index (χ4v) is 3.03. The van der Waals surface area contributed by atoms with Crippen molar-refractivity contribution in [2.45, 2.75) is 58.6 Å². The lowest BCUT2D eigenvalue weighted by Gasteiger charge is -2.31. The molecule has 0 N–H and O–H groups in total. The Bertz CT molecular complexity index is 485. The standard InChI is InChI=1S/C18H29NO4/c1-4-21-12-13-22-15(3)18(20)19-11-7-5-6-8-16(19)17-10-9-14(2)23-17/h9-10,15-16H,4-8,11-13H2,1-3H3/t15-,16+/m0/s1. The average molecular weight is 323 g/mol. The SMILES string of the molecule is CCOCCO[C@@H](C)C(=O)N1CCCCC[C@@H]1c1ccc(C)o1. The van der Waals surface area contributed by atoms with Gasteiger partial charge in [-0.05, 0) is 45.7 Å². The second kappa shape index (κ2) is 9.08. The lowest BCUT2D eigenvalue weighted by atomic mass is 10.1. The van der Waals surface area contributed by atoms with E-state index >= 15 is 0 Å². The van der Waals surface area contributed by atoms with Gasteiger partial charge in [-0.2, -0.15) is 0 Å². The molecule has 1 aromatic rings. The Morgan fingerprint density at radius 3 is 2.87 bits per heavy atom. The zero-order chi connectivity index (χ0) is 16.7. The summed E-state index contributed by atoms with van der Waals surface area (Å²) < 4.78 is 16.7. The first-order valence-electron chi connectivity index (χ1n) is 8.69. The van der Waals surface area contributed by atoms with Crippen molar-refractivity contribution in [3.05, 3.63) is 23.7 Å². The Hall–Kier alpha value is -1.33. The summed E-state index contributed by atoms with van der Waals surface area (Å²) in [7, 11) is 0. The van der Waals surface area contributed by atoms with Gasteiger partial charge in [0.1, 0.15) is 17.6 Å². The fraction of sp³-hybridized carbons (Fsp3) is 0.722. The minimum atomic E-state index is -0.452. The van der Waals surface area contributed by atoms with E-state index in [1.54, 1.807) is 0 Å². The van der Waals surface area contributed by atoms with Crippen molar-refractivity contribution in [3.8, 4) is 0 Å². The number of hydrogen-bond acceptors (Lipinski definition) is 4. The smallest absolute Gasteiger partial charge is 0.252 e. The number of ether oxygens (including phenoxy) is 2. The van der Waals surface area contributed by atoms with Crippen LogP contribution in [0.4, 0.5) is 0 Å². The first kappa shape index (κ1) is 18.0. The Morgan fingerprint density at radius 1 is 1.35 bits per heavy atom. The predicted octanol–water partition coefficient (Wildman–Crippen LogP) is 3.47. The van der Waals surface area contributed by atoms with Crippen LogP contribution in [0.25, 0.3) is 0 Å². The molecule has 1 amide bonds. The normalized spacial score (nSPS) is 20.3. The number of nitrogens with zero attached hydrogens (tertiary/aromatic N) is 1. The number of rotatable bonds is 7. The molecule has 5 heteroatoms. The summed E-state index contributed by atoms with van der Waals surface area (Å²) in [5.41, 5.74) is 0. The summed E-state index contributed by atoms with van der Waals surface area (Å²) in [5.74, 6) is 1.82. The first-order valence-corrected chi connectivity index (χ1v) is 8.69. The van der Waals surface area contributed by atoms with Gasteiger partial charge in [-0.25, -0.2) is 0 Å². The highest BCUT2D eigenvalue weighted by Gasteiger charge is 2.31. The van der Waals surface area contributed by atoms with Gasteiger partial charge in [-0.1, -0.05) is 12.8 Å². The van der Waals surface area contributed by atoms with Crippen LogP contribution in [0.15, 0.2) is 16.5 Å². The maximum Gasteiger partial charge on any atom is 0.252 e. The van der Waals surface area contributed by atoms with Crippen molar-refractivity contribution in [2.75, 3.05) is 26.4 Å². The van der Waals surface area contributed by atoms with Crippen LogP contribution in [0.2, 0.25) is 0 Å². The number of aryl methyl sites for hydroxylation is 1. The molecule has 130 valence electrons. The molecule has 0 aromatic carbocycles. The van der Waals surface area contributed by atoms with E-state index in [1.807, 2.05) is 37.8 Å². The summed E-state index contributed by atoms with van der Waals surface area (Å²) in [5, 5.41) is 0. The molecule has 0 radical (unpaired) electrons. The van der Waals surface area contributed by atoms with Crippen molar-refractivity contribution in [3.63, 3.8) is 0 Å². The third-order valence-corrected chi connectivity index (χ3v) is 4.27. The Balaban J connectivity index is 2.01. The summed E-state index contributed by atoms with van der Waals surface area (Å²) in [6, 6.07) is 3.98. The van der Waals surface area contributed by atoms with E-state index in [1.165, 1.54) is 0 Å². The molecule has 0 unspecified atom stereocenters. The summed E-state index contributed by atoms with van der Waals surface area (Å²) in [4.78, 5) is 14.8. The molecule has 0 bridgehead atoms. The maximum absolute atomic E-state index is 12.8. The lowest BCUT2D eigenvalue weighted by molar-refractivity contribution is -0.146. The highest BCUT2D eigenvalue weighted by molar-refractivity contribution is 5.81. The Kier molecular flexibility index (Phi) is 7.12. The second-order valence-electron chi connectivity index (χ2n) is 6.06. The summed E-state index contributed by atoms with van der Waals surface area (Å²) in [6.07, 6.45) is 3.80. The van der Waals surface area contributed by atoms with E-state index < -0.39 is 6.10 Å². The highest BCUT2D eigenvalue weighted by atomic mass is 16.5. The van der Waals surface area contributed by atoms with E-state index in [0.29, 0.717) is 19.8 Å². The minimum absolute atomic E-state index is 0.0247. The first-order chi connectivity index (χ1) is 11.1. The molecule has 1 aliphatic rings. The predicted molar refractivity (Wildman–Crippen MR) is 88.3 cm³/mol. The van der Waals surface area contributed by atoms with Crippen LogP contribution in [0.3, 0.4) is 0 Å². The average Bonchev–Trinajstić information content (AvgIpc) is 2.83. The van der Waals surface area contributed by atoms with Crippen LogP contribution in [-0.2, 0) is 14.3 Å². The van der Waals surface area contributed by atoms with Crippen molar-refractivity contribution < 1.29 is 18.7 Å². The van der Waals surface area contributed by atoms with E-state index in [-0.39, 0.29) is 11.9 Å². The number of furan rings is 1. The lowest BCUT2D eigenvalue weighted by Crippen LogP contribution is -2.41. The van der Waals surface area contributed by atoms with Gasteiger partial charge in [0, 0.05) is 13.2 Å². The number of likely N-dealkylation sites (tertiary alicyclic amines) is 1. The fourth-order valence-electron chi connectivity index (χ4n) is 3.03. The molecule has 5 nitrogen and oxygen atoms in total. The molecular formula is C18H29NO4. The molecule has 1 saturated heterocycles. The van der Waals surface area contributed by atoms with Gasteiger partial charge in [-0.3, -0.25) is 4.79 Å². The molecule has 0 spiro atoms. The van der Waals surface area contributed by atoms with Crippen molar-refractivity contribution in [2.24, 2.45) is 0 Å². The van der Waals surface area contributed by atoms with Gasteiger partial charge in [0.05, 0.1) is 19.3 Å². The van der Waals surface area contributed by atoms with Gasteiger partial charge in [0.25, 0.3) is 5.91 Å². The van der Waals surface area contributed by atoms with Crippen LogP contribution in [-0.4, -0.2) is 43.3 Å². The topological polar surface area (TPSA) is 51.9 Å². The molecule has 2 heterocycles. The summed E-state index contributed by atoms with van der Waals surface area (Å²) in [6.45, 7) is 8.10. The van der Waals surface area contributed by atoms with Crippen molar-refractivity contribution >= 4 is 5.91 Å². The van der Waals surface area contributed by atoms with E-state index in [2.05, 4.69) is 0 Å². The molecule has 1 aromatic heterocycles. The number of carbonyl (C=O) groups excluding carboxylic acids is 1. The number of hydrogen-bond donors (Lipinski definition) is 0. The largest absolute Gasteiger partial charge is 0.464 e. The van der Waals surface area contributed by atoms with Crippen LogP contribution in [0.5, 0.6) is 0 Å². The second-order valence-corrected chi connectivity index (χ2v) is 6.06. The minimum Gasteiger partial charge on any atom is -0.464 e. The van der Waals surface area contributed by atoms with Gasteiger partial charge in [0.2, 0.25) is 0 Å². The van der Waals surface area contributed by atoms with Gasteiger partial charge in [-0.15, -0.1) is 0 Å². The monoisotopic (exact) mass is 323 g/mol. The van der Waals surface area contributed by atoms with Crippen molar-refractivity contribution in [1.82, 2.24) is 4.90 Å². The maximum atomic E-state index is 12.8. The molecule has 2 atom stereocenters. The highest BCUT2D eigenvalue weighted by Crippen LogP contribution is 2.31. The van der Waals surface area contributed by atoms with Crippen molar-refractivity contribution in [1.29, 1.82) is 0 Å². The van der Waals surface area contributed by atoms with E-state index in [4.69, 9.17) is 13.9 Å². The van der Waals surface area contributed by atoms with Crippen LogP contribution >= 0.6 is 0 Å². The van der Waals surface area contributed by atoms with Gasteiger partial charge >= 0.3 is 0 Å². The molecule has 1 fully saturated rings. The van der Waals surface area contributed by atoms with Gasteiger partial charge in [0.15, 0.2) is 0 Å². The Morgan fingerprint density at radius 2 is 2.17 bits per heavy atom. The third-order valence-electron chi connectivity index (χ3n) is 4.27. The Labute approximate surface area is 138 Å². The van der Waals surface area contributed by atoms with E-state index in [9.17, 15) is 4.79 Å². The molecule has 1 aliphatic heterocycles. The van der Waals surface area contributed by atoms with Crippen LogP contribution in [0, 0.1) is 6.92 Å². The number of amides is 1. The van der Waals surface area contributed by atoms with Crippen LogP contribution < -0.4 is 0 Å². The van der Waals surface area contributed by atoms with Gasteiger partial charge < -0.3 is 18.8 Å². The molecule has 2 rings (SSSR count). The van der Waals surface area contributed by atoms with E-state index in [0.717, 1.165) is 43.7 Å². The summed E-state index contributed by atoms with van der Waals surface area (Å²) >= 11 is 0. The van der Waals surface area contributed by atoms with Crippen LogP contribution in [0.1, 0.15) is 57.1 Å². The zero-order valence-corrected chi connectivity index (χ0v) is 14.5. The quantitative estimate of drug-likeness (QED) is 0.721. The molecule has 0 aliphatic carbocycles. The molecular weight excluding hydrogens is 294 g/mol. The zero-order valence-electron chi connectivity index (χ0n) is 14.5.